The Hall–Kier alpha value is -3.09. The first-order valence-corrected chi connectivity index (χ1v) is 13.0. The molecule has 2 fully saturated rings. The minimum atomic E-state index is -0.564. The van der Waals surface area contributed by atoms with E-state index in [9.17, 15) is 14.4 Å². The molecule has 2 heterocycles. The summed E-state index contributed by atoms with van der Waals surface area (Å²) in [6.45, 7) is 10.0. The summed E-state index contributed by atoms with van der Waals surface area (Å²) in [6, 6.07) is 13.6. The van der Waals surface area contributed by atoms with Crippen molar-refractivity contribution in [2.24, 2.45) is 11.8 Å². The minimum Gasteiger partial charge on any atom is -0.338 e. The maximum Gasteiger partial charge on any atom is 0.319 e. The fourth-order valence-electron chi connectivity index (χ4n) is 5.19. The summed E-state index contributed by atoms with van der Waals surface area (Å²) in [7, 11) is 0. The molecular formula is C28H38N4O3. The number of hydrogen-bond donors (Lipinski definition) is 1. The zero-order chi connectivity index (χ0) is 25.1. The molecule has 188 valence electrons. The highest BCUT2D eigenvalue weighted by Gasteiger charge is 2.50. The lowest BCUT2D eigenvalue weighted by molar-refractivity contribution is -0.170. The number of hydrogen-bond acceptors (Lipinski definition) is 3. The van der Waals surface area contributed by atoms with E-state index >= 15 is 0 Å². The molecule has 7 nitrogen and oxygen atoms in total. The molecule has 0 bridgehead atoms. The predicted molar refractivity (Wildman–Crippen MR) is 137 cm³/mol. The third-order valence-corrected chi connectivity index (χ3v) is 7.77. The van der Waals surface area contributed by atoms with Crippen LogP contribution in [0.1, 0.15) is 52.5 Å². The monoisotopic (exact) mass is 478 g/mol. The molecule has 0 aliphatic carbocycles. The highest BCUT2D eigenvalue weighted by Crippen LogP contribution is 2.32. The lowest BCUT2D eigenvalue weighted by Crippen LogP contribution is -2.72. The number of carbonyl (C=O) groups excluding carboxylic acids is 3. The van der Waals surface area contributed by atoms with Gasteiger partial charge in [0.25, 0.3) is 0 Å². The van der Waals surface area contributed by atoms with Gasteiger partial charge in [-0.2, -0.15) is 0 Å². The minimum absolute atomic E-state index is 0.00704. The van der Waals surface area contributed by atoms with E-state index < -0.39 is 12.2 Å². The number of piperazine rings is 1. The van der Waals surface area contributed by atoms with Crippen molar-refractivity contribution in [1.29, 1.82) is 0 Å². The molecule has 4 rings (SSSR count). The Morgan fingerprint density at radius 1 is 1.06 bits per heavy atom. The Morgan fingerprint density at radius 3 is 2.54 bits per heavy atom. The van der Waals surface area contributed by atoms with Crippen LogP contribution >= 0.6 is 0 Å². The van der Waals surface area contributed by atoms with Crippen LogP contribution in [0.2, 0.25) is 0 Å². The van der Waals surface area contributed by atoms with E-state index in [1.165, 1.54) is 0 Å². The van der Waals surface area contributed by atoms with Gasteiger partial charge in [-0.1, -0.05) is 83.0 Å². The Bertz CT molecular complexity index is 1080. The Kier molecular flexibility index (Phi) is 7.63. The zero-order valence-electron chi connectivity index (χ0n) is 21.4. The van der Waals surface area contributed by atoms with E-state index in [2.05, 4.69) is 43.4 Å². The Labute approximate surface area is 208 Å². The summed E-state index contributed by atoms with van der Waals surface area (Å²) in [6.07, 6.45) is 1.55. The fraction of sp³-hybridized carbons (Fsp3) is 0.536. The standard InChI is InChI=1S/C28H38N4O3/c1-5-19(3)16-29-28(35)31-15-14-25(33)32-24(31)18-30(27(34)26(32)20(4)6-2)17-22-12-9-11-21-10-7-8-13-23(21)22/h7-13,19-20,24,26H,5-6,14-18H2,1-4H3,(H,29,35)/t19-,20-,24+,26-/m0/s1. The van der Waals surface area contributed by atoms with Gasteiger partial charge in [-0.3, -0.25) is 9.59 Å². The lowest BCUT2D eigenvalue weighted by atomic mass is 9.91. The van der Waals surface area contributed by atoms with Crippen molar-refractivity contribution in [3.05, 3.63) is 48.0 Å². The van der Waals surface area contributed by atoms with Crippen molar-refractivity contribution in [1.82, 2.24) is 20.0 Å². The van der Waals surface area contributed by atoms with Crippen LogP contribution in [0.5, 0.6) is 0 Å². The molecule has 0 aromatic heterocycles. The summed E-state index contributed by atoms with van der Waals surface area (Å²) >= 11 is 0. The van der Waals surface area contributed by atoms with Gasteiger partial charge in [0.05, 0.1) is 6.54 Å². The second-order valence-electron chi connectivity index (χ2n) is 10.1. The van der Waals surface area contributed by atoms with Crippen LogP contribution in [0.15, 0.2) is 42.5 Å². The van der Waals surface area contributed by atoms with Gasteiger partial charge >= 0.3 is 6.03 Å². The molecule has 7 heteroatoms. The largest absolute Gasteiger partial charge is 0.338 e. The molecule has 4 atom stereocenters. The second kappa shape index (κ2) is 10.7. The average molecular weight is 479 g/mol. The number of nitrogens with one attached hydrogen (secondary N) is 1. The second-order valence-corrected chi connectivity index (χ2v) is 10.1. The number of fused-ring (bicyclic) bond motifs is 2. The van der Waals surface area contributed by atoms with E-state index in [-0.39, 0.29) is 30.2 Å². The molecule has 0 unspecified atom stereocenters. The maximum absolute atomic E-state index is 13.8. The number of rotatable bonds is 7. The van der Waals surface area contributed by atoms with Gasteiger partial charge in [0, 0.05) is 26.1 Å². The van der Waals surface area contributed by atoms with Crippen LogP contribution in [0.4, 0.5) is 4.79 Å². The lowest BCUT2D eigenvalue weighted by Gasteiger charge is -2.53. The summed E-state index contributed by atoms with van der Waals surface area (Å²) in [4.78, 5) is 45.5. The van der Waals surface area contributed by atoms with Crippen molar-refractivity contribution in [2.75, 3.05) is 19.6 Å². The Balaban J connectivity index is 1.65. The van der Waals surface area contributed by atoms with E-state index in [1.807, 2.05) is 36.9 Å². The highest BCUT2D eigenvalue weighted by molar-refractivity contribution is 5.92. The molecule has 2 aromatic carbocycles. The molecule has 1 N–H and O–H groups in total. The number of benzene rings is 2. The van der Waals surface area contributed by atoms with Gasteiger partial charge in [-0.15, -0.1) is 0 Å². The highest BCUT2D eigenvalue weighted by atomic mass is 16.2. The van der Waals surface area contributed by atoms with Crippen molar-refractivity contribution in [2.45, 2.75) is 65.7 Å². The van der Waals surface area contributed by atoms with Gasteiger partial charge in [0.1, 0.15) is 12.2 Å². The number of nitrogens with zero attached hydrogens (tertiary/aromatic N) is 3. The molecule has 0 spiro atoms. The van der Waals surface area contributed by atoms with Crippen molar-refractivity contribution < 1.29 is 14.4 Å². The van der Waals surface area contributed by atoms with Crippen LogP contribution in [0.25, 0.3) is 10.8 Å². The molecule has 2 aliphatic rings. The molecule has 0 saturated carbocycles. The van der Waals surface area contributed by atoms with Gasteiger partial charge in [-0.05, 0) is 28.2 Å². The quantitative estimate of drug-likeness (QED) is 0.648. The third kappa shape index (κ3) is 5.00. The van der Waals surface area contributed by atoms with Crippen LogP contribution in [-0.2, 0) is 16.1 Å². The first kappa shape index (κ1) is 25.0. The number of carbonyl (C=O) groups is 3. The molecule has 2 saturated heterocycles. The summed E-state index contributed by atoms with van der Waals surface area (Å²) in [5, 5.41) is 5.31. The Morgan fingerprint density at radius 2 is 1.80 bits per heavy atom. The van der Waals surface area contributed by atoms with Gasteiger partial charge < -0.3 is 20.0 Å². The average Bonchev–Trinajstić information content (AvgIpc) is 2.87. The van der Waals surface area contributed by atoms with Crippen molar-refractivity contribution >= 4 is 28.6 Å². The molecule has 4 amide bonds. The third-order valence-electron chi connectivity index (χ3n) is 7.77. The fourth-order valence-corrected chi connectivity index (χ4v) is 5.19. The van der Waals surface area contributed by atoms with Gasteiger partial charge in [0.2, 0.25) is 11.8 Å². The van der Waals surface area contributed by atoms with Crippen molar-refractivity contribution in [3.8, 4) is 0 Å². The zero-order valence-corrected chi connectivity index (χ0v) is 21.4. The van der Waals surface area contributed by atoms with Crippen molar-refractivity contribution in [3.63, 3.8) is 0 Å². The van der Waals surface area contributed by atoms with E-state index in [1.54, 1.807) is 9.80 Å². The van der Waals surface area contributed by atoms with Gasteiger partial charge in [-0.25, -0.2) is 4.79 Å². The normalized spacial score (nSPS) is 22.2. The molecule has 2 aromatic rings. The maximum atomic E-state index is 13.8. The predicted octanol–water partition coefficient (Wildman–Crippen LogP) is 4.21. The number of amides is 4. The number of urea groups is 1. The van der Waals surface area contributed by atoms with E-state index in [4.69, 9.17) is 0 Å². The van der Waals surface area contributed by atoms with Crippen LogP contribution in [-0.4, -0.2) is 64.4 Å². The van der Waals surface area contributed by atoms with E-state index in [0.29, 0.717) is 32.1 Å². The first-order chi connectivity index (χ1) is 16.8. The van der Waals surface area contributed by atoms with Crippen LogP contribution in [0.3, 0.4) is 0 Å². The first-order valence-electron chi connectivity index (χ1n) is 13.0. The van der Waals surface area contributed by atoms with Crippen LogP contribution in [0, 0.1) is 11.8 Å². The summed E-state index contributed by atoms with van der Waals surface area (Å²) in [5.41, 5.74) is 1.07. The smallest absolute Gasteiger partial charge is 0.319 e. The summed E-state index contributed by atoms with van der Waals surface area (Å²) in [5.74, 6) is 0.306. The molecule has 2 aliphatic heterocycles. The molecular weight excluding hydrogens is 440 g/mol. The van der Waals surface area contributed by atoms with Crippen LogP contribution < -0.4 is 5.32 Å². The summed E-state index contributed by atoms with van der Waals surface area (Å²) < 4.78 is 0. The topological polar surface area (TPSA) is 73.0 Å². The van der Waals surface area contributed by atoms with Gasteiger partial charge in [0.15, 0.2) is 0 Å². The van der Waals surface area contributed by atoms with E-state index in [0.717, 1.165) is 29.2 Å². The molecule has 35 heavy (non-hydrogen) atoms. The SMILES string of the molecule is CC[C@H](C)CNC(=O)N1CCC(=O)N2[C@@H]([C@@H](C)CC)C(=O)N(Cc3cccc4ccccc34)C[C@H]12. The molecule has 0 radical (unpaired) electrons.